The number of aromatic nitrogens is 3. The van der Waals surface area contributed by atoms with Crippen LogP contribution in [0.15, 0.2) is 49.6 Å². The highest BCUT2D eigenvalue weighted by Gasteiger charge is 2.37. The lowest BCUT2D eigenvalue weighted by Crippen LogP contribution is -2.43. The van der Waals surface area contributed by atoms with Crippen LogP contribution in [0.1, 0.15) is 41.0 Å². The fraction of sp³-hybridized carbons (Fsp3) is 0.280. The van der Waals surface area contributed by atoms with E-state index >= 15 is 0 Å². The number of halogens is 1. The molecule has 2 atom stereocenters. The summed E-state index contributed by atoms with van der Waals surface area (Å²) >= 11 is 5.54. The molecule has 0 unspecified atom stereocenters. The van der Waals surface area contributed by atoms with Gasteiger partial charge in [-0.3, -0.25) is 4.79 Å². The van der Waals surface area contributed by atoms with E-state index < -0.39 is 12.0 Å². The molecule has 1 aliphatic heterocycles. The van der Waals surface area contributed by atoms with E-state index in [0.29, 0.717) is 29.0 Å². The zero-order valence-corrected chi connectivity index (χ0v) is 19.9. The molecule has 0 aliphatic carbocycles. The van der Waals surface area contributed by atoms with Gasteiger partial charge in [0.25, 0.3) is 5.91 Å². The van der Waals surface area contributed by atoms with Gasteiger partial charge in [-0.2, -0.15) is 0 Å². The second kappa shape index (κ2) is 9.69. The molecule has 3 aromatic rings. The van der Waals surface area contributed by atoms with Crippen molar-refractivity contribution in [2.45, 2.75) is 32.2 Å². The van der Waals surface area contributed by atoms with Crippen LogP contribution in [0.3, 0.4) is 0 Å². The first kappa shape index (κ1) is 23.5. The number of hydrogen-bond donors (Lipinski definition) is 2. The minimum Gasteiger partial charge on any atom is -0.433 e. The molecule has 8 nitrogen and oxygen atoms in total. The number of ether oxygens (including phenoxy) is 1. The van der Waals surface area contributed by atoms with Gasteiger partial charge in [0.2, 0.25) is 0 Å². The smallest absolute Gasteiger partial charge is 0.418 e. The fourth-order valence-corrected chi connectivity index (χ4v) is 4.22. The first-order valence-electron chi connectivity index (χ1n) is 10.9. The summed E-state index contributed by atoms with van der Waals surface area (Å²) in [4.78, 5) is 39.5. The minimum atomic E-state index is -0.763. The number of benzene rings is 1. The zero-order valence-electron chi connectivity index (χ0n) is 19.1. The molecule has 34 heavy (non-hydrogen) atoms. The molecule has 0 bridgehead atoms. The maximum Gasteiger partial charge on any atom is 0.418 e. The predicted octanol–water partition coefficient (Wildman–Crippen LogP) is 5.37. The van der Waals surface area contributed by atoms with Crippen LogP contribution < -0.4 is 5.32 Å². The number of fused-ring (bicyclic) bond motifs is 2. The van der Waals surface area contributed by atoms with Crippen LogP contribution in [-0.2, 0) is 4.74 Å². The number of imide groups is 1. The van der Waals surface area contributed by atoms with Gasteiger partial charge in [-0.15, -0.1) is 13.2 Å². The summed E-state index contributed by atoms with van der Waals surface area (Å²) in [6, 6.07) is 7.18. The number of nitrogens with one attached hydrogen (secondary N) is 2. The SMILES string of the molecule is C=CC[C@H]1CN(C(=O)OCCl)C(=O)c2cc(-c3cccc4nc(C)c(N[C@@H](C)C=C)nc34)[nH]c21. The molecule has 2 N–H and O–H groups in total. The number of carbonyl (C=O) groups excluding carboxylic acids is 2. The van der Waals surface area contributed by atoms with Crippen LogP contribution in [0.5, 0.6) is 0 Å². The molecule has 176 valence electrons. The van der Waals surface area contributed by atoms with Crippen LogP contribution >= 0.6 is 11.6 Å². The zero-order chi connectivity index (χ0) is 24.4. The van der Waals surface area contributed by atoms with Gasteiger partial charge < -0.3 is 15.0 Å². The third-order valence-electron chi connectivity index (χ3n) is 5.86. The Morgan fingerprint density at radius 2 is 2.18 bits per heavy atom. The van der Waals surface area contributed by atoms with Crippen LogP contribution in [0.2, 0.25) is 0 Å². The van der Waals surface area contributed by atoms with Crippen molar-refractivity contribution in [3.05, 3.63) is 66.5 Å². The maximum absolute atomic E-state index is 13.1. The number of aromatic amines is 1. The number of para-hydroxylation sites is 1. The predicted molar refractivity (Wildman–Crippen MR) is 133 cm³/mol. The number of hydrogen-bond acceptors (Lipinski definition) is 6. The van der Waals surface area contributed by atoms with E-state index in [1.54, 1.807) is 18.2 Å². The summed E-state index contributed by atoms with van der Waals surface area (Å²) in [6.07, 6.45) is 3.37. The molecular weight excluding hydrogens is 454 g/mol. The molecule has 0 fully saturated rings. The van der Waals surface area contributed by atoms with Gasteiger partial charge in [0, 0.05) is 35.5 Å². The summed E-state index contributed by atoms with van der Waals surface area (Å²) in [5.74, 6) is 0.0901. The van der Waals surface area contributed by atoms with Crippen molar-refractivity contribution in [3.8, 4) is 11.3 Å². The molecular formula is C25H26ClN5O3. The Morgan fingerprint density at radius 1 is 1.38 bits per heavy atom. The summed E-state index contributed by atoms with van der Waals surface area (Å²) in [6.45, 7) is 11.7. The van der Waals surface area contributed by atoms with Gasteiger partial charge in [-0.1, -0.05) is 35.9 Å². The van der Waals surface area contributed by atoms with E-state index in [-0.39, 0.29) is 24.6 Å². The van der Waals surface area contributed by atoms with Crippen LogP contribution in [0, 0.1) is 6.92 Å². The first-order valence-corrected chi connectivity index (χ1v) is 11.5. The number of amides is 2. The lowest BCUT2D eigenvalue weighted by Gasteiger charge is -2.29. The topological polar surface area (TPSA) is 100 Å². The van der Waals surface area contributed by atoms with Gasteiger partial charge in [0.15, 0.2) is 6.07 Å². The quantitative estimate of drug-likeness (QED) is 0.349. The Balaban J connectivity index is 1.82. The monoisotopic (exact) mass is 479 g/mol. The van der Waals surface area contributed by atoms with Gasteiger partial charge >= 0.3 is 6.09 Å². The summed E-state index contributed by atoms with van der Waals surface area (Å²) in [7, 11) is 0. The average molecular weight is 480 g/mol. The number of rotatable bonds is 7. The Morgan fingerprint density at radius 3 is 2.88 bits per heavy atom. The highest BCUT2D eigenvalue weighted by atomic mass is 35.5. The fourth-order valence-electron chi connectivity index (χ4n) is 4.12. The van der Waals surface area contributed by atoms with Crippen molar-refractivity contribution in [2.75, 3.05) is 17.9 Å². The number of carbonyl (C=O) groups is 2. The molecule has 1 aromatic carbocycles. The van der Waals surface area contributed by atoms with Gasteiger partial charge in [-0.25, -0.2) is 19.7 Å². The molecule has 2 aromatic heterocycles. The second-order valence-electron chi connectivity index (χ2n) is 8.17. The average Bonchev–Trinajstić information content (AvgIpc) is 3.27. The largest absolute Gasteiger partial charge is 0.433 e. The number of anilines is 1. The van der Waals surface area contributed by atoms with E-state index in [2.05, 4.69) is 23.5 Å². The number of nitrogens with zero attached hydrogens (tertiary/aromatic N) is 3. The lowest BCUT2D eigenvalue weighted by atomic mass is 9.93. The van der Waals surface area contributed by atoms with E-state index in [0.717, 1.165) is 27.4 Å². The lowest BCUT2D eigenvalue weighted by molar-refractivity contribution is 0.0660. The Labute approximate surface area is 202 Å². The molecule has 1 aliphatic rings. The summed E-state index contributed by atoms with van der Waals surface area (Å²) in [5, 5.41) is 3.30. The van der Waals surface area contributed by atoms with Crippen molar-refractivity contribution >= 4 is 40.5 Å². The van der Waals surface area contributed by atoms with Crippen LogP contribution in [-0.4, -0.2) is 50.5 Å². The standard InChI is InChI=1S/C25H26ClN5O3/c1-5-8-16-12-31(25(33)34-13-26)24(32)18-11-20(29-21(16)18)17-9-7-10-19-22(17)30-23(15(4)28-19)27-14(3)6-2/h5-7,9-11,14,16,29H,1-2,8,12-13H2,3-4H3,(H,27,30)/t14-,16-/m0/s1. The molecule has 0 saturated carbocycles. The van der Waals surface area contributed by atoms with E-state index in [4.69, 9.17) is 26.3 Å². The summed E-state index contributed by atoms with van der Waals surface area (Å²) in [5.41, 5.74) is 4.89. The van der Waals surface area contributed by atoms with Gasteiger partial charge in [0.05, 0.1) is 16.8 Å². The van der Waals surface area contributed by atoms with Crippen LogP contribution in [0.4, 0.5) is 10.6 Å². The first-order chi connectivity index (χ1) is 16.4. The number of H-pyrrole nitrogens is 1. The molecule has 9 heteroatoms. The summed E-state index contributed by atoms with van der Waals surface area (Å²) < 4.78 is 4.87. The third kappa shape index (κ3) is 4.28. The van der Waals surface area contributed by atoms with Crippen molar-refractivity contribution in [3.63, 3.8) is 0 Å². The number of alkyl halides is 1. The highest BCUT2D eigenvalue weighted by molar-refractivity contribution is 6.17. The second-order valence-corrected chi connectivity index (χ2v) is 8.38. The maximum atomic E-state index is 13.1. The Hall–Kier alpha value is -3.65. The molecule has 4 rings (SSSR count). The Bertz CT molecular complexity index is 1290. The molecule has 2 amide bonds. The van der Waals surface area contributed by atoms with E-state index in [9.17, 15) is 9.59 Å². The van der Waals surface area contributed by atoms with Crippen molar-refractivity contribution < 1.29 is 14.3 Å². The Kier molecular flexibility index (Phi) is 6.70. The normalized spacial score (nSPS) is 16.1. The van der Waals surface area contributed by atoms with Crippen LogP contribution in [0.25, 0.3) is 22.3 Å². The minimum absolute atomic E-state index is 0.0198. The number of aryl methyl sites for hydroxylation is 1. The van der Waals surface area contributed by atoms with Gasteiger partial charge in [-0.05, 0) is 32.4 Å². The van der Waals surface area contributed by atoms with Crippen molar-refractivity contribution in [1.82, 2.24) is 19.9 Å². The molecule has 0 radical (unpaired) electrons. The van der Waals surface area contributed by atoms with Crippen molar-refractivity contribution in [2.24, 2.45) is 0 Å². The highest BCUT2D eigenvalue weighted by Crippen LogP contribution is 2.36. The van der Waals surface area contributed by atoms with Gasteiger partial charge in [0.1, 0.15) is 11.3 Å². The van der Waals surface area contributed by atoms with Crippen molar-refractivity contribution in [1.29, 1.82) is 0 Å². The van der Waals surface area contributed by atoms with E-state index in [1.807, 2.05) is 32.0 Å². The number of allylic oxidation sites excluding steroid dienone is 1. The molecule has 0 spiro atoms. The molecule has 3 heterocycles. The third-order valence-corrected chi connectivity index (χ3v) is 5.97. The van der Waals surface area contributed by atoms with E-state index in [1.165, 1.54) is 0 Å². The molecule has 0 saturated heterocycles.